The van der Waals surface area contributed by atoms with Gasteiger partial charge < -0.3 is 4.57 Å². The van der Waals surface area contributed by atoms with Crippen LogP contribution in [0.1, 0.15) is 5.56 Å². The second-order valence-corrected chi connectivity index (χ2v) is 10.3. The maximum Gasteiger partial charge on any atom is 0.270 e. The Morgan fingerprint density at radius 3 is 1.76 bits per heavy atom. The molecule has 0 radical (unpaired) electrons. The minimum Gasteiger partial charge on any atom is -0.309 e. The van der Waals surface area contributed by atoms with Gasteiger partial charge in [-0.25, -0.2) is 0 Å². The summed E-state index contributed by atoms with van der Waals surface area (Å²) in [6, 6.07) is 42.7. The first-order chi connectivity index (χ1) is 18.2. The fraction of sp³-hybridized carbons (Fsp3) is 0. The van der Waals surface area contributed by atoms with E-state index in [1.165, 1.54) is 11.8 Å². The summed E-state index contributed by atoms with van der Waals surface area (Å²) in [5, 5.41) is 0. The maximum atomic E-state index is 13.5. The number of amides is 1. The van der Waals surface area contributed by atoms with Crippen LogP contribution in [0, 0.1) is 0 Å². The number of hydrogen-bond donors (Lipinski definition) is 0. The predicted molar refractivity (Wildman–Crippen MR) is 159 cm³/mol. The summed E-state index contributed by atoms with van der Waals surface area (Å²) in [6.45, 7) is 0. The number of anilines is 1. The molecule has 5 aromatic rings. The van der Waals surface area contributed by atoms with Gasteiger partial charge in [0.25, 0.3) is 5.91 Å². The highest BCUT2D eigenvalue weighted by atomic mass is 32.2. The van der Waals surface area contributed by atoms with Gasteiger partial charge in [0.15, 0.2) is 4.32 Å². The van der Waals surface area contributed by atoms with E-state index in [4.69, 9.17) is 12.2 Å². The average Bonchev–Trinajstić information content (AvgIpc) is 3.47. The molecule has 0 unspecified atom stereocenters. The summed E-state index contributed by atoms with van der Waals surface area (Å²) in [5.41, 5.74) is 7.03. The van der Waals surface area contributed by atoms with Crippen LogP contribution in [0.3, 0.4) is 0 Å². The van der Waals surface area contributed by atoms with Crippen molar-refractivity contribution in [1.82, 2.24) is 4.57 Å². The molecule has 0 aliphatic carbocycles. The lowest BCUT2D eigenvalue weighted by Crippen LogP contribution is -2.27. The smallest absolute Gasteiger partial charge is 0.270 e. The van der Waals surface area contributed by atoms with E-state index in [2.05, 4.69) is 47.0 Å². The Kier molecular flexibility index (Phi) is 6.31. The minimum absolute atomic E-state index is 0.103. The molecule has 0 bridgehead atoms. The predicted octanol–water partition coefficient (Wildman–Crippen LogP) is 8.22. The molecule has 0 spiro atoms. The molecule has 1 aromatic heterocycles. The largest absolute Gasteiger partial charge is 0.309 e. The second kappa shape index (κ2) is 10.1. The number of para-hydroxylation sites is 2. The molecule has 1 amide bonds. The molecule has 3 nitrogen and oxygen atoms in total. The van der Waals surface area contributed by atoms with Gasteiger partial charge in [0.1, 0.15) is 0 Å². The van der Waals surface area contributed by atoms with Crippen molar-refractivity contribution in [1.29, 1.82) is 0 Å². The third kappa shape index (κ3) is 4.44. The Hall–Kier alpha value is -4.19. The molecule has 4 aromatic carbocycles. The standard InChI is InChI=1S/C32H22N2OS2/c35-31-29(37-32(36)34(31)27-19-11-4-12-20-27)22-25-21-28(23-13-5-1-6-14-23)33(26-17-9-3-10-18-26)30(25)24-15-7-2-8-16-24/h1-22H/b29-22-. The molecular formula is C32H22N2OS2. The summed E-state index contributed by atoms with van der Waals surface area (Å²) in [5.74, 6) is -0.103. The van der Waals surface area contributed by atoms with E-state index in [-0.39, 0.29) is 5.91 Å². The lowest BCUT2D eigenvalue weighted by molar-refractivity contribution is -0.113. The Morgan fingerprint density at radius 1 is 0.649 bits per heavy atom. The zero-order valence-corrected chi connectivity index (χ0v) is 21.5. The van der Waals surface area contributed by atoms with Gasteiger partial charge in [-0.3, -0.25) is 9.69 Å². The number of rotatable bonds is 5. The van der Waals surface area contributed by atoms with Crippen molar-refractivity contribution in [3.05, 3.63) is 138 Å². The van der Waals surface area contributed by atoms with Crippen molar-refractivity contribution in [2.75, 3.05) is 4.90 Å². The normalized spacial score (nSPS) is 14.5. The van der Waals surface area contributed by atoms with E-state index in [1.807, 2.05) is 91.0 Å². The van der Waals surface area contributed by atoms with Crippen LogP contribution in [0.15, 0.2) is 132 Å². The van der Waals surface area contributed by atoms with Gasteiger partial charge in [-0.1, -0.05) is 121 Å². The number of benzene rings is 4. The van der Waals surface area contributed by atoms with Gasteiger partial charge in [-0.05, 0) is 47.5 Å². The fourth-order valence-corrected chi connectivity index (χ4v) is 5.90. The molecule has 37 heavy (non-hydrogen) atoms. The zero-order chi connectivity index (χ0) is 25.2. The van der Waals surface area contributed by atoms with Crippen molar-refractivity contribution in [3.63, 3.8) is 0 Å². The molecule has 5 heteroatoms. The van der Waals surface area contributed by atoms with E-state index < -0.39 is 0 Å². The molecule has 0 N–H and O–H groups in total. The Morgan fingerprint density at radius 2 is 1.16 bits per heavy atom. The summed E-state index contributed by atoms with van der Waals surface area (Å²) in [4.78, 5) is 15.8. The third-order valence-electron chi connectivity index (χ3n) is 6.26. The molecule has 6 rings (SSSR count). The molecule has 2 heterocycles. The highest BCUT2D eigenvalue weighted by Gasteiger charge is 2.33. The van der Waals surface area contributed by atoms with Crippen molar-refractivity contribution in [2.24, 2.45) is 0 Å². The van der Waals surface area contributed by atoms with Gasteiger partial charge in [0, 0.05) is 11.3 Å². The maximum absolute atomic E-state index is 13.5. The Balaban J connectivity index is 1.57. The van der Waals surface area contributed by atoms with Crippen LogP contribution in [0.4, 0.5) is 5.69 Å². The summed E-state index contributed by atoms with van der Waals surface area (Å²) < 4.78 is 2.81. The first-order valence-electron chi connectivity index (χ1n) is 12.0. The van der Waals surface area contributed by atoms with Crippen LogP contribution in [0.25, 0.3) is 34.3 Å². The fourth-order valence-electron chi connectivity index (χ4n) is 4.61. The number of thiocarbonyl (C=S) groups is 1. The number of carbonyl (C=O) groups is 1. The van der Waals surface area contributed by atoms with E-state index in [0.717, 1.165) is 39.5 Å². The molecule has 0 atom stereocenters. The van der Waals surface area contributed by atoms with E-state index >= 15 is 0 Å². The van der Waals surface area contributed by atoms with Gasteiger partial charge >= 0.3 is 0 Å². The quantitative estimate of drug-likeness (QED) is 0.175. The monoisotopic (exact) mass is 514 g/mol. The number of nitrogens with zero attached hydrogens (tertiary/aromatic N) is 2. The molecule has 1 fully saturated rings. The van der Waals surface area contributed by atoms with E-state index in [0.29, 0.717) is 9.23 Å². The van der Waals surface area contributed by atoms with Crippen LogP contribution >= 0.6 is 24.0 Å². The van der Waals surface area contributed by atoms with Crippen molar-refractivity contribution in [3.8, 4) is 28.2 Å². The number of hydrogen-bond acceptors (Lipinski definition) is 3. The highest BCUT2D eigenvalue weighted by Crippen LogP contribution is 2.41. The lowest BCUT2D eigenvalue weighted by Gasteiger charge is -2.15. The summed E-state index contributed by atoms with van der Waals surface area (Å²) >= 11 is 6.97. The van der Waals surface area contributed by atoms with Crippen LogP contribution in [-0.2, 0) is 4.79 Å². The number of carbonyl (C=O) groups excluding carboxylic acids is 1. The van der Waals surface area contributed by atoms with Gasteiger partial charge in [-0.2, -0.15) is 0 Å². The third-order valence-corrected chi connectivity index (χ3v) is 7.56. The summed E-state index contributed by atoms with van der Waals surface area (Å²) in [7, 11) is 0. The van der Waals surface area contributed by atoms with Crippen LogP contribution in [-0.4, -0.2) is 14.8 Å². The Bertz CT molecular complexity index is 1610. The second-order valence-electron chi connectivity index (χ2n) is 8.59. The first kappa shape index (κ1) is 23.2. The minimum atomic E-state index is -0.103. The Labute approximate surface area is 225 Å². The van der Waals surface area contributed by atoms with Gasteiger partial charge in [0.05, 0.1) is 22.0 Å². The topological polar surface area (TPSA) is 25.2 Å². The highest BCUT2D eigenvalue weighted by molar-refractivity contribution is 8.27. The summed E-state index contributed by atoms with van der Waals surface area (Å²) in [6.07, 6.45) is 1.98. The number of thioether (sulfide) groups is 1. The van der Waals surface area contributed by atoms with Gasteiger partial charge in [-0.15, -0.1) is 0 Å². The van der Waals surface area contributed by atoms with Crippen LogP contribution < -0.4 is 4.90 Å². The molecule has 1 aliphatic heterocycles. The lowest BCUT2D eigenvalue weighted by atomic mass is 10.1. The van der Waals surface area contributed by atoms with Crippen molar-refractivity contribution in [2.45, 2.75) is 0 Å². The van der Waals surface area contributed by atoms with Crippen LogP contribution in [0.2, 0.25) is 0 Å². The van der Waals surface area contributed by atoms with Crippen LogP contribution in [0.5, 0.6) is 0 Å². The van der Waals surface area contributed by atoms with E-state index in [1.54, 1.807) is 4.90 Å². The van der Waals surface area contributed by atoms with Crippen molar-refractivity contribution >= 4 is 46.0 Å². The average molecular weight is 515 g/mol. The van der Waals surface area contributed by atoms with Gasteiger partial charge in [0.2, 0.25) is 0 Å². The molecule has 1 saturated heterocycles. The molecular weight excluding hydrogens is 492 g/mol. The number of aromatic nitrogens is 1. The van der Waals surface area contributed by atoms with E-state index in [9.17, 15) is 4.79 Å². The SMILES string of the molecule is O=C1/C(=C/c2cc(-c3ccccc3)n(-c3ccccc3)c2-c2ccccc2)SC(=S)N1c1ccccc1. The molecule has 0 saturated carbocycles. The molecule has 1 aliphatic rings. The first-order valence-corrected chi connectivity index (χ1v) is 13.2. The van der Waals surface area contributed by atoms with Crippen molar-refractivity contribution < 1.29 is 4.79 Å². The zero-order valence-electron chi connectivity index (χ0n) is 19.8. The molecule has 178 valence electrons.